The summed E-state index contributed by atoms with van der Waals surface area (Å²) in [6.45, 7) is 3.58. The van der Waals surface area contributed by atoms with Gasteiger partial charge in [-0.25, -0.2) is 9.59 Å². The van der Waals surface area contributed by atoms with E-state index in [0.717, 1.165) is 0 Å². The number of benzene rings is 1. The van der Waals surface area contributed by atoms with Gasteiger partial charge in [-0.1, -0.05) is 23.2 Å². The molecule has 7 heteroatoms. The molecule has 1 aromatic heterocycles. The van der Waals surface area contributed by atoms with Crippen LogP contribution in [0.5, 0.6) is 0 Å². The first-order chi connectivity index (χ1) is 9.45. The number of halogens is 2. The molecule has 0 fully saturated rings. The third-order valence-corrected chi connectivity index (χ3v) is 3.51. The van der Waals surface area contributed by atoms with Crippen molar-refractivity contribution in [2.45, 2.75) is 13.8 Å². The van der Waals surface area contributed by atoms with E-state index in [9.17, 15) is 9.59 Å². The second-order valence-corrected chi connectivity index (χ2v) is 4.86. The summed E-state index contributed by atoms with van der Waals surface area (Å²) in [7, 11) is 0. The average Bonchev–Trinajstić information content (AvgIpc) is 2.69. The number of esters is 1. The Kier molecular flexibility index (Phi) is 4.20. The Morgan fingerprint density at radius 2 is 2.05 bits per heavy atom. The van der Waals surface area contributed by atoms with E-state index < -0.39 is 11.7 Å². The summed E-state index contributed by atoms with van der Waals surface area (Å²) >= 11 is 11.8. The molecule has 0 saturated heterocycles. The van der Waals surface area contributed by atoms with Crippen molar-refractivity contribution in [3.05, 3.63) is 50.1 Å². The van der Waals surface area contributed by atoms with E-state index >= 15 is 0 Å². The van der Waals surface area contributed by atoms with Crippen molar-refractivity contribution in [3.8, 4) is 5.69 Å². The van der Waals surface area contributed by atoms with E-state index in [1.165, 1.54) is 4.57 Å². The fourth-order valence-electron chi connectivity index (χ4n) is 1.85. The Bertz CT molecular complexity index is 719. The highest BCUT2D eigenvalue weighted by atomic mass is 35.5. The van der Waals surface area contributed by atoms with Crippen molar-refractivity contribution in [3.63, 3.8) is 0 Å². The lowest BCUT2D eigenvalue weighted by Gasteiger charge is -2.06. The van der Waals surface area contributed by atoms with Gasteiger partial charge in [0.15, 0.2) is 0 Å². The molecule has 1 heterocycles. The lowest BCUT2D eigenvalue weighted by Crippen LogP contribution is -2.15. The molecule has 0 amide bonds. The normalized spacial score (nSPS) is 10.6. The van der Waals surface area contributed by atoms with E-state index in [1.54, 1.807) is 32.0 Å². The number of carbonyl (C=O) groups excluding carboxylic acids is 1. The van der Waals surface area contributed by atoms with Crippen LogP contribution in [0.1, 0.15) is 23.1 Å². The highest BCUT2D eigenvalue weighted by Crippen LogP contribution is 2.24. The Morgan fingerprint density at radius 1 is 1.35 bits per heavy atom. The summed E-state index contributed by atoms with van der Waals surface area (Å²) < 4.78 is 6.23. The van der Waals surface area contributed by atoms with Crippen molar-refractivity contribution >= 4 is 29.2 Å². The molecule has 2 aromatic rings. The molecule has 0 aliphatic carbocycles. The molecule has 5 nitrogen and oxygen atoms in total. The van der Waals surface area contributed by atoms with Gasteiger partial charge in [-0.2, -0.15) is 0 Å². The lowest BCUT2D eigenvalue weighted by molar-refractivity contribution is 0.0519. The van der Waals surface area contributed by atoms with Crippen LogP contribution in [0, 0.1) is 6.92 Å². The van der Waals surface area contributed by atoms with Gasteiger partial charge in [0.2, 0.25) is 0 Å². The topological polar surface area (TPSA) is 64.1 Å². The minimum atomic E-state index is -0.569. The van der Waals surface area contributed by atoms with Gasteiger partial charge < -0.3 is 4.74 Å². The van der Waals surface area contributed by atoms with Crippen molar-refractivity contribution in [1.29, 1.82) is 0 Å². The number of nitrogens with one attached hydrogen (secondary N) is 1. The van der Waals surface area contributed by atoms with Crippen LogP contribution in [0.3, 0.4) is 0 Å². The van der Waals surface area contributed by atoms with Gasteiger partial charge in [0.05, 0.1) is 28.0 Å². The molecule has 106 valence electrons. The molecule has 0 aliphatic heterocycles. The second kappa shape index (κ2) is 5.73. The maximum absolute atomic E-state index is 12.0. The molecule has 0 spiro atoms. The Hall–Kier alpha value is -1.72. The summed E-state index contributed by atoms with van der Waals surface area (Å²) in [4.78, 5) is 26.2. The Labute approximate surface area is 125 Å². The zero-order chi connectivity index (χ0) is 14.9. The number of aromatic amines is 1. The summed E-state index contributed by atoms with van der Waals surface area (Å²) in [5, 5.41) is 0.719. The smallest absolute Gasteiger partial charge is 0.356 e. The zero-order valence-corrected chi connectivity index (χ0v) is 12.4. The van der Waals surface area contributed by atoms with Crippen molar-refractivity contribution in [2.75, 3.05) is 6.61 Å². The van der Waals surface area contributed by atoms with Crippen LogP contribution in [-0.4, -0.2) is 22.1 Å². The van der Waals surface area contributed by atoms with Crippen LogP contribution in [-0.2, 0) is 4.74 Å². The first-order valence-electron chi connectivity index (χ1n) is 5.89. The highest BCUT2D eigenvalue weighted by Gasteiger charge is 2.19. The zero-order valence-electron chi connectivity index (χ0n) is 10.9. The van der Waals surface area contributed by atoms with Crippen LogP contribution in [0.15, 0.2) is 23.0 Å². The number of ether oxygens (including phenoxy) is 1. The van der Waals surface area contributed by atoms with Gasteiger partial charge in [-0.15, -0.1) is 0 Å². The molecular weight excluding hydrogens is 303 g/mol. The maximum atomic E-state index is 12.0. The molecule has 0 saturated carbocycles. The average molecular weight is 315 g/mol. The van der Waals surface area contributed by atoms with Crippen molar-refractivity contribution in [2.24, 2.45) is 0 Å². The third kappa shape index (κ3) is 2.59. The molecule has 1 aromatic carbocycles. The number of imidazole rings is 1. The third-order valence-electron chi connectivity index (χ3n) is 2.77. The summed E-state index contributed by atoms with van der Waals surface area (Å²) in [6, 6.07) is 4.79. The summed E-state index contributed by atoms with van der Waals surface area (Å²) in [5.41, 5.74) is 0.660. The SMILES string of the molecule is CCOC(=O)c1[nH]c(=O)n(-c2ccc(Cl)c(Cl)c2)c1C. The predicted octanol–water partition coefficient (Wildman–Crippen LogP) is 2.96. The van der Waals surface area contributed by atoms with Crippen molar-refractivity contribution in [1.82, 2.24) is 9.55 Å². The summed E-state index contributed by atoms with van der Waals surface area (Å²) in [5.74, 6) is -0.569. The van der Waals surface area contributed by atoms with E-state index in [1.807, 2.05) is 0 Å². The van der Waals surface area contributed by atoms with Gasteiger partial charge >= 0.3 is 11.7 Å². The van der Waals surface area contributed by atoms with Gasteiger partial charge in [-0.05, 0) is 32.0 Å². The number of aromatic nitrogens is 2. The van der Waals surface area contributed by atoms with Crippen molar-refractivity contribution < 1.29 is 9.53 Å². The minimum Gasteiger partial charge on any atom is -0.461 e. The molecule has 0 aliphatic rings. The fraction of sp³-hybridized carbons (Fsp3) is 0.231. The largest absolute Gasteiger partial charge is 0.461 e. The predicted molar refractivity (Wildman–Crippen MR) is 77.1 cm³/mol. The second-order valence-electron chi connectivity index (χ2n) is 4.04. The standard InChI is InChI=1S/C13H12Cl2N2O3/c1-3-20-12(18)11-7(2)17(13(19)16-11)8-4-5-9(14)10(15)6-8/h4-6H,3H2,1-2H3,(H,16,19). The maximum Gasteiger partial charge on any atom is 0.356 e. The Morgan fingerprint density at radius 3 is 2.65 bits per heavy atom. The quantitative estimate of drug-likeness (QED) is 0.886. The van der Waals surface area contributed by atoms with E-state index in [2.05, 4.69) is 4.98 Å². The summed E-state index contributed by atoms with van der Waals surface area (Å²) in [6.07, 6.45) is 0. The Balaban J connectivity index is 2.55. The van der Waals surface area contributed by atoms with Gasteiger partial charge in [0.1, 0.15) is 5.69 Å². The van der Waals surface area contributed by atoms with E-state index in [-0.39, 0.29) is 12.3 Å². The van der Waals surface area contributed by atoms with Crippen LogP contribution in [0.25, 0.3) is 5.69 Å². The molecular formula is C13H12Cl2N2O3. The molecule has 1 N–H and O–H groups in total. The van der Waals surface area contributed by atoms with Crippen LogP contribution in [0.2, 0.25) is 10.0 Å². The first kappa shape index (κ1) is 14.7. The van der Waals surface area contributed by atoms with E-state index in [4.69, 9.17) is 27.9 Å². The van der Waals surface area contributed by atoms with Gasteiger partial charge in [0, 0.05) is 0 Å². The minimum absolute atomic E-state index is 0.128. The van der Waals surface area contributed by atoms with Crippen LogP contribution < -0.4 is 5.69 Å². The number of rotatable bonds is 3. The molecule has 20 heavy (non-hydrogen) atoms. The van der Waals surface area contributed by atoms with Gasteiger partial charge in [0.25, 0.3) is 0 Å². The number of carbonyl (C=O) groups is 1. The monoisotopic (exact) mass is 314 g/mol. The highest BCUT2D eigenvalue weighted by molar-refractivity contribution is 6.42. The molecule has 2 rings (SSSR count). The lowest BCUT2D eigenvalue weighted by atomic mass is 10.3. The first-order valence-corrected chi connectivity index (χ1v) is 6.65. The molecule has 0 radical (unpaired) electrons. The molecule has 0 bridgehead atoms. The van der Waals surface area contributed by atoms with Crippen LogP contribution >= 0.6 is 23.2 Å². The fourth-order valence-corrected chi connectivity index (χ4v) is 2.15. The van der Waals surface area contributed by atoms with E-state index in [0.29, 0.717) is 21.4 Å². The number of hydrogen-bond acceptors (Lipinski definition) is 3. The number of nitrogens with zero attached hydrogens (tertiary/aromatic N) is 1. The van der Waals surface area contributed by atoms with Gasteiger partial charge in [-0.3, -0.25) is 9.55 Å². The molecule has 0 unspecified atom stereocenters. The van der Waals surface area contributed by atoms with Crippen LogP contribution in [0.4, 0.5) is 0 Å². The molecule has 0 atom stereocenters. The number of H-pyrrole nitrogens is 1. The number of hydrogen-bond donors (Lipinski definition) is 1.